The quantitative estimate of drug-likeness (QED) is 0.709. The zero-order valence-electron chi connectivity index (χ0n) is 11.8. The Kier molecular flexibility index (Phi) is 6.51. The summed E-state index contributed by atoms with van der Waals surface area (Å²) in [5, 5.41) is 3.53. The van der Waals surface area contributed by atoms with Crippen LogP contribution in [0.15, 0.2) is 36.4 Å². The van der Waals surface area contributed by atoms with E-state index < -0.39 is 0 Å². The summed E-state index contributed by atoms with van der Waals surface area (Å²) in [7, 11) is 1.71. The van der Waals surface area contributed by atoms with E-state index in [1.165, 1.54) is 11.1 Å². The highest BCUT2D eigenvalue weighted by atomic mass is 16.5. The Morgan fingerprint density at radius 3 is 2.78 bits per heavy atom. The van der Waals surface area contributed by atoms with Crippen LogP contribution in [0, 0.1) is 0 Å². The molecule has 1 unspecified atom stereocenters. The summed E-state index contributed by atoms with van der Waals surface area (Å²) in [6.07, 6.45) is 3.12. The lowest BCUT2D eigenvalue weighted by Gasteiger charge is -2.19. The average Bonchev–Trinajstić information content (AvgIpc) is 2.39. The molecule has 0 heterocycles. The Hall–Kier alpha value is -1.28. The first-order valence-corrected chi connectivity index (χ1v) is 6.72. The van der Waals surface area contributed by atoms with Crippen molar-refractivity contribution in [1.82, 2.24) is 5.32 Å². The van der Waals surface area contributed by atoms with Gasteiger partial charge in [-0.1, -0.05) is 38.1 Å². The fourth-order valence-corrected chi connectivity index (χ4v) is 2.08. The van der Waals surface area contributed by atoms with Crippen molar-refractivity contribution in [3.63, 3.8) is 0 Å². The van der Waals surface area contributed by atoms with Gasteiger partial charge >= 0.3 is 0 Å². The van der Waals surface area contributed by atoms with Crippen LogP contribution in [0.25, 0.3) is 0 Å². The second-order valence-electron chi connectivity index (χ2n) is 4.62. The summed E-state index contributed by atoms with van der Waals surface area (Å²) in [5.74, 6) is 0.928. The van der Waals surface area contributed by atoms with Gasteiger partial charge < -0.3 is 10.1 Å². The van der Waals surface area contributed by atoms with E-state index in [2.05, 4.69) is 37.9 Å². The number of rotatable bonds is 8. The van der Waals surface area contributed by atoms with Crippen LogP contribution in [-0.4, -0.2) is 19.7 Å². The van der Waals surface area contributed by atoms with E-state index >= 15 is 0 Å². The number of hydrogen-bond donors (Lipinski definition) is 1. The van der Waals surface area contributed by atoms with Crippen molar-refractivity contribution in [2.24, 2.45) is 0 Å². The molecular weight excluding hydrogens is 222 g/mol. The smallest absolute Gasteiger partial charge is 0.119 e. The second kappa shape index (κ2) is 7.93. The second-order valence-corrected chi connectivity index (χ2v) is 4.62. The van der Waals surface area contributed by atoms with Gasteiger partial charge in [0.15, 0.2) is 0 Å². The maximum atomic E-state index is 5.26. The molecule has 1 rings (SSSR count). The van der Waals surface area contributed by atoms with E-state index in [0.717, 1.165) is 31.6 Å². The molecule has 0 fully saturated rings. The Morgan fingerprint density at radius 2 is 2.17 bits per heavy atom. The zero-order chi connectivity index (χ0) is 13.4. The van der Waals surface area contributed by atoms with Crippen LogP contribution in [-0.2, 0) is 6.42 Å². The predicted molar refractivity (Wildman–Crippen MR) is 78.2 cm³/mol. The summed E-state index contributed by atoms with van der Waals surface area (Å²) < 4.78 is 5.26. The van der Waals surface area contributed by atoms with Crippen LogP contribution in [0.1, 0.15) is 32.3 Å². The monoisotopic (exact) mass is 247 g/mol. The molecule has 1 atom stereocenters. The van der Waals surface area contributed by atoms with Gasteiger partial charge in [-0.2, -0.15) is 0 Å². The highest BCUT2D eigenvalue weighted by molar-refractivity contribution is 5.29. The third-order valence-electron chi connectivity index (χ3n) is 3.14. The number of benzene rings is 1. The van der Waals surface area contributed by atoms with E-state index in [4.69, 9.17) is 4.74 Å². The molecule has 0 bridgehead atoms. The van der Waals surface area contributed by atoms with Crippen LogP contribution in [0.3, 0.4) is 0 Å². The van der Waals surface area contributed by atoms with Gasteiger partial charge in [-0.25, -0.2) is 0 Å². The van der Waals surface area contributed by atoms with Crippen LogP contribution in [0.5, 0.6) is 5.75 Å². The van der Waals surface area contributed by atoms with Gasteiger partial charge in [0.2, 0.25) is 0 Å². The van der Waals surface area contributed by atoms with Crippen molar-refractivity contribution in [2.75, 3.05) is 13.7 Å². The van der Waals surface area contributed by atoms with Gasteiger partial charge in [-0.15, -0.1) is 0 Å². The molecule has 2 heteroatoms. The maximum Gasteiger partial charge on any atom is 0.119 e. The van der Waals surface area contributed by atoms with E-state index in [1.54, 1.807) is 7.11 Å². The van der Waals surface area contributed by atoms with Crippen molar-refractivity contribution in [3.8, 4) is 5.75 Å². The van der Waals surface area contributed by atoms with E-state index in [1.807, 2.05) is 12.1 Å². The average molecular weight is 247 g/mol. The first-order chi connectivity index (χ1) is 8.69. The van der Waals surface area contributed by atoms with E-state index in [-0.39, 0.29) is 0 Å². The summed E-state index contributed by atoms with van der Waals surface area (Å²) in [6.45, 7) is 9.41. The van der Waals surface area contributed by atoms with Gasteiger partial charge in [0.05, 0.1) is 7.11 Å². The summed E-state index contributed by atoms with van der Waals surface area (Å²) in [4.78, 5) is 0. The van der Waals surface area contributed by atoms with E-state index in [9.17, 15) is 0 Å². The lowest BCUT2D eigenvalue weighted by molar-refractivity contribution is 0.413. The van der Waals surface area contributed by atoms with Gasteiger partial charge in [0.25, 0.3) is 0 Å². The lowest BCUT2D eigenvalue weighted by atomic mass is 9.98. The molecule has 0 saturated heterocycles. The molecule has 0 aliphatic rings. The molecule has 100 valence electrons. The molecule has 18 heavy (non-hydrogen) atoms. The third-order valence-corrected chi connectivity index (χ3v) is 3.14. The normalized spacial score (nSPS) is 12.2. The molecule has 0 spiro atoms. The van der Waals surface area contributed by atoms with Gasteiger partial charge in [-0.3, -0.25) is 0 Å². The topological polar surface area (TPSA) is 21.3 Å². The number of nitrogens with one attached hydrogen (secondary N) is 1. The first-order valence-electron chi connectivity index (χ1n) is 6.72. The fourth-order valence-electron chi connectivity index (χ4n) is 2.08. The molecule has 0 amide bonds. The molecule has 0 aromatic heterocycles. The zero-order valence-corrected chi connectivity index (χ0v) is 11.8. The number of hydrogen-bond acceptors (Lipinski definition) is 2. The largest absolute Gasteiger partial charge is 0.497 e. The predicted octanol–water partition coefficient (Wildman–Crippen LogP) is 3.57. The minimum atomic E-state index is 0.467. The van der Waals surface area contributed by atoms with Crippen molar-refractivity contribution >= 4 is 0 Å². The van der Waals surface area contributed by atoms with Crippen molar-refractivity contribution in [1.29, 1.82) is 0 Å². The minimum Gasteiger partial charge on any atom is -0.497 e. The first kappa shape index (κ1) is 14.8. The fraction of sp³-hybridized carbons (Fsp3) is 0.500. The standard InChI is InChI=1S/C16H25NO/c1-5-13(3)10-15(17-6-2)11-14-8-7-9-16(12-14)18-4/h7-9,12,15,17H,3,5-6,10-11H2,1-2,4H3. The Labute approximate surface area is 111 Å². The highest BCUT2D eigenvalue weighted by Crippen LogP contribution is 2.17. The molecule has 2 nitrogen and oxygen atoms in total. The molecule has 0 aliphatic heterocycles. The Balaban J connectivity index is 2.66. The van der Waals surface area contributed by atoms with Crippen LogP contribution >= 0.6 is 0 Å². The van der Waals surface area contributed by atoms with E-state index in [0.29, 0.717) is 6.04 Å². The number of ether oxygens (including phenoxy) is 1. The van der Waals surface area contributed by atoms with Crippen molar-refractivity contribution in [2.45, 2.75) is 39.2 Å². The minimum absolute atomic E-state index is 0.467. The van der Waals surface area contributed by atoms with Crippen molar-refractivity contribution < 1.29 is 4.74 Å². The van der Waals surface area contributed by atoms with Crippen LogP contribution in [0.2, 0.25) is 0 Å². The SMILES string of the molecule is C=C(CC)CC(Cc1cccc(OC)c1)NCC. The molecule has 1 aromatic carbocycles. The van der Waals surface area contributed by atoms with Crippen LogP contribution < -0.4 is 10.1 Å². The highest BCUT2D eigenvalue weighted by Gasteiger charge is 2.10. The molecule has 1 aromatic rings. The lowest BCUT2D eigenvalue weighted by Crippen LogP contribution is -2.31. The third kappa shape index (κ3) is 4.92. The van der Waals surface area contributed by atoms with Gasteiger partial charge in [0.1, 0.15) is 5.75 Å². The van der Waals surface area contributed by atoms with Crippen molar-refractivity contribution in [3.05, 3.63) is 42.0 Å². The summed E-state index contributed by atoms with van der Waals surface area (Å²) in [5.41, 5.74) is 2.62. The molecule has 0 aliphatic carbocycles. The maximum absolute atomic E-state index is 5.26. The molecule has 0 radical (unpaired) electrons. The number of methoxy groups -OCH3 is 1. The van der Waals surface area contributed by atoms with Gasteiger partial charge in [-0.05, 0) is 43.5 Å². The Morgan fingerprint density at radius 1 is 1.39 bits per heavy atom. The molecule has 1 N–H and O–H groups in total. The summed E-state index contributed by atoms with van der Waals surface area (Å²) in [6, 6.07) is 8.76. The number of likely N-dealkylation sites (N-methyl/N-ethyl adjacent to an activating group) is 1. The Bertz CT molecular complexity index is 373. The van der Waals surface area contributed by atoms with Gasteiger partial charge in [0, 0.05) is 6.04 Å². The van der Waals surface area contributed by atoms with Crippen LogP contribution in [0.4, 0.5) is 0 Å². The molecule has 0 saturated carbocycles. The molecular formula is C16H25NO. The summed E-state index contributed by atoms with van der Waals surface area (Å²) >= 11 is 0.